The van der Waals surface area contributed by atoms with Crippen molar-refractivity contribution in [1.82, 2.24) is 9.21 Å². The molecule has 0 aliphatic carbocycles. The van der Waals surface area contributed by atoms with Crippen molar-refractivity contribution in [2.24, 2.45) is 5.92 Å². The Morgan fingerprint density at radius 2 is 1.86 bits per heavy atom. The van der Waals surface area contributed by atoms with Gasteiger partial charge >= 0.3 is 0 Å². The monoisotopic (exact) mass is 412 g/mol. The van der Waals surface area contributed by atoms with Gasteiger partial charge in [-0.1, -0.05) is 43.7 Å². The predicted molar refractivity (Wildman–Crippen MR) is 113 cm³/mol. The fourth-order valence-corrected chi connectivity index (χ4v) is 5.84. The van der Waals surface area contributed by atoms with Crippen LogP contribution in [-0.2, 0) is 23.0 Å². The molecule has 0 spiro atoms. The number of amides is 1. The SMILES string of the molecule is CCC1CCCN(C(=O)c2cccc(S(=O)(=O)N3CCc4ccccc4C3)c2)C1. The molecule has 1 unspecified atom stereocenters. The van der Waals surface area contributed by atoms with E-state index in [0.717, 1.165) is 37.9 Å². The highest BCUT2D eigenvalue weighted by atomic mass is 32.2. The Morgan fingerprint density at radius 1 is 1.07 bits per heavy atom. The van der Waals surface area contributed by atoms with Crippen LogP contribution in [0.1, 0.15) is 47.7 Å². The number of rotatable bonds is 4. The van der Waals surface area contributed by atoms with E-state index in [1.807, 2.05) is 23.1 Å². The Balaban J connectivity index is 1.56. The maximum absolute atomic E-state index is 13.2. The first kappa shape index (κ1) is 20.1. The Morgan fingerprint density at radius 3 is 2.66 bits per heavy atom. The zero-order valence-corrected chi connectivity index (χ0v) is 17.7. The minimum atomic E-state index is -3.64. The summed E-state index contributed by atoms with van der Waals surface area (Å²) in [7, 11) is -3.64. The van der Waals surface area contributed by atoms with Crippen LogP contribution in [0.15, 0.2) is 53.4 Å². The molecule has 0 saturated carbocycles. The van der Waals surface area contributed by atoms with Crippen LogP contribution in [0.4, 0.5) is 0 Å². The fourth-order valence-electron chi connectivity index (χ4n) is 4.38. The van der Waals surface area contributed by atoms with Crippen LogP contribution in [0, 0.1) is 5.92 Å². The first-order chi connectivity index (χ1) is 14.0. The van der Waals surface area contributed by atoms with Gasteiger partial charge in [0.05, 0.1) is 4.90 Å². The van der Waals surface area contributed by atoms with Crippen molar-refractivity contribution >= 4 is 15.9 Å². The molecule has 154 valence electrons. The van der Waals surface area contributed by atoms with Crippen LogP contribution in [0.5, 0.6) is 0 Å². The van der Waals surface area contributed by atoms with Gasteiger partial charge in [0.2, 0.25) is 10.0 Å². The summed E-state index contributed by atoms with van der Waals surface area (Å²) >= 11 is 0. The molecule has 0 bridgehead atoms. The van der Waals surface area contributed by atoms with Crippen molar-refractivity contribution in [2.75, 3.05) is 19.6 Å². The van der Waals surface area contributed by atoms with Crippen molar-refractivity contribution in [3.8, 4) is 0 Å². The first-order valence-electron chi connectivity index (χ1n) is 10.5. The zero-order chi connectivity index (χ0) is 20.4. The number of benzene rings is 2. The number of carbonyl (C=O) groups is 1. The van der Waals surface area contributed by atoms with Gasteiger partial charge in [0, 0.05) is 31.7 Å². The van der Waals surface area contributed by atoms with Gasteiger partial charge in [-0.3, -0.25) is 4.79 Å². The molecular formula is C23H28N2O3S. The lowest BCUT2D eigenvalue weighted by Crippen LogP contribution is -2.40. The number of piperidine rings is 1. The van der Waals surface area contributed by atoms with Crippen molar-refractivity contribution in [3.63, 3.8) is 0 Å². The summed E-state index contributed by atoms with van der Waals surface area (Å²) in [4.78, 5) is 15.1. The summed E-state index contributed by atoms with van der Waals surface area (Å²) in [6.45, 7) is 4.50. The fraction of sp³-hybridized carbons (Fsp3) is 0.435. The predicted octanol–water partition coefficient (Wildman–Crippen LogP) is 3.70. The second kappa shape index (κ2) is 8.28. The Kier molecular flexibility index (Phi) is 5.74. The normalized spacial score (nSPS) is 20.3. The molecule has 0 aromatic heterocycles. The molecule has 2 heterocycles. The molecule has 0 N–H and O–H groups in total. The average Bonchev–Trinajstić information content (AvgIpc) is 2.78. The van der Waals surface area contributed by atoms with E-state index in [1.165, 1.54) is 9.87 Å². The number of nitrogens with zero attached hydrogens (tertiary/aromatic N) is 2. The summed E-state index contributed by atoms with van der Waals surface area (Å²) in [5.41, 5.74) is 2.71. The van der Waals surface area contributed by atoms with E-state index in [4.69, 9.17) is 0 Å². The van der Waals surface area contributed by atoms with Crippen LogP contribution in [-0.4, -0.2) is 43.2 Å². The molecule has 2 aromatic rings. The molecule has 5 nitrogen and oxygen atoms in total. The molecule has 4 rings (SSSR count). The highest BCUT2D eigenvalue weighted by Crippen LogP contribution is 2.26. The summed E-state index contributed by atoms with van der Waals surface area (Å²) in [6, 6.07) is 14.5. The molecule has 1 atom stereocenters. The highest BCUT2D eigenvalue weighted by molar-refractivity contribution is 7.89. The van der Waals surface area contributed by atoms with Crippen molar-refractivity contribution in [2.45, 2.75) is 44.0 Å². The van der Waals surface area contributed by atoms with E-state index in [1.54, 1.807) is 24.3 Å². The van der Waals surface area contributed by atoms with Gasteiger partial charge in [-0.2, -0.15) is 4.31 Å². The topological polar surface area (TPSA) is 57.7 Å². The summed E-state index contributed by atoms with van der Waals surface area (Å²) in [6.07, 6.45) is 3.94. The molecule has 6 heteroatoms. The van der Waals surface area contributed by atoms with Crippen LogP contribution < -0.4 is 0 Å². The molecule has 0 radical (unpaired) electrons. The summed E-state index contributed by atoms with van der Waals surface area (Å²) in [5.74, 6) is 0.470. The van der Waals surface area contributed by atoms with Crippen molar-refractivity contribution in [1.29, 1.82) is 0 Å². The van der Waals surface area contributed by atoms with Gasteiger partial charge in [-0.15, -0.1) is 0 Å². The number of likely N-dealkylation sites (tertiary alicyclic amines) is 1. The molecule has 29 heavy (non-hydrogen) atoms. The lowest BCUT2D eigenvalue weighted by atomic mass is 9.95. The Labute approximate surface area is 173 Å². The Hall–Kier alpha value is -2.18. The number of sulfonamides is 1. The third kappa shape index (κ3) is 4.09. The van der Waals surface area contributed by atoms with Gasteiger partial charge in [0.15, 0.2) is 0 Å². The van der Waals surface area contributed by atoms with Crippen LogP contribution in [0.3, 0.4) is 0 Å². The zero-order valence-electron chi connectivity index (χ0n) is 16.9. The maximum Gasteiger partial charge on any atom is 0.253 e. The van der Waals surface area contributed by atoms with Crippen molar-refractivity contribution in [3.05, 3.63) is 65.2 Å². The smallest absolute Gasteiger partial charge is 0.253 e. The van der Waals surface area contributed by atoms with E-state index >= 15 is 0 Å². The molecule has 2 aromatic carbocycles. The summed E-state index contributed by atoms with van der Waals surface area (Å²) in [5, 5.41) is 0. The van der Waals surface area contributed by atoms with Gasteiger partial charge in [-0.05, 0) is 54.5 Å². The minimum absolute atomic E-state index is 0.0656. The molecule has 1 saturated heterocycles. The van der Waals surface area contributed by atoms with Gasteiger partial charge in [0.25, 0.3) is 5.91 Å². The number of fused-ring (bicyclic) bond motifs is 1. The average molecular weight is 413 g/mol. The van der Waals surface area contributed by atoms with E-state index < -0.39 is 10.0 Å². The van der Waals surface area contributed by atoms with E-state index in [-0.39, 0.29) is 10.8 Å². The highest BCUT2D eigenvalue weighted by Gasteiger charge is 2.29. The van der Waals surface area contributed by atoms with Crippen LogP contribution in [0.25, 0.3) is 0 Å². The van der Waals surface area contributed by atoms with E-state index in [9.17, 15) is 13.2 Å². The number of carbonyl (C=O) groups excluding carboxylic acids is 1. The first-order valence-corrected chi connectivity index (χ1v) is 11.9. The molecule has 2 aliphatic heterocycles. The lowest BCUT2D eigenvalue weighted by Gasteiger charge is -2.32. The van der Waals surface area contributed by atoms with Crippen LogP contribution >= 0.6 is 0 Å². The molecule has 1 fully saturated rings. The third-order valence-electron chi connectivity index (χ3n) is 6.20. The lowest BCUT2D eigenvalue weighted by molar-refractivity contribution is 0.0671. The number of hydrogen-bond donors (Lipinski definition) is 0. The standard InChI is InChI=1S/C23H28N2O3S/c1-2-18-7-6-13-24(16-18)23(26)20-10-5-11-22(15-20)29(27,28)25-14-12-19-8-3-4-9-21(19)17-25/h3-5,8-11,15,18H,2,6-7,12-14,16-17H2,1H3. The van der Waals surface area contributed by atoms with Gasteiger partial charge in [0.1, 0.15) is 0 Å². The van der Waals surface area contributed by atoms with Crippen molar-refractivity contribution < 1.29 is 13.2 Å². The van der Waals surface area contributed by atoms with E-state index in [0.29, 0.717) is 31.0 Å². The summed E-state index contributed by atoms with van der Waals surface area (Å²) < 4.78 is 28.0. The van der Waals surface area contributed by atoms with Gasteiger partial charge in [-0.25, -0.2) is 8.42 Å². The van der Waals surface area contributed by atoms with Crippen LogP contribution in [0.2, 0.25) is 0 Å². The van der Waals surface area contributed by atoms with E-state index in [2.05, 4.69) is 13.0 Å². The maximum atomic E-state index is 13.2. The molecule has 1 amide bonds. The number of hydrogen-bond acceptors (Lipinski definition) is 3. The Bertz CT molecular complexity index is 1000. The quantitative estimate of drug-likeness (QED) is 0.769. The van der Waals surface area contributed by atoms with Gasteiger partial charge < -0.3 is 4.90 Å². The second-order valence-corrected chi connectivity index (χ2v) is 9.99. The largest absolute Gasteiger partial charge is 0.338 e. The molecule has 2 aliphatic rings. The minimum Gasteiger partial charge on any atom is -0.338 e. The second-order valence-electron chi connectivity index (χ2n) is 8.05. The third-order valence-corrected chi connectivity index (χ3v) is 8.04. The molecular weight excluding hydrogens is 384 g/mol.